The molecule has 30 heavy (non-hydrogen) atoms. The van der Waals surface area contributed by atoms with Crippen LogP contribution in [0.25, 0.3) is 16.0 Å². The number of carbonyl (C=O) groups is 1. The Labute approximate surface area is 174 Å². The summed E-state index contributed by atoms with van der Waals surface area (Å²) in [6.07, 6.45) is 0.684. The fourth-order valence-corrected chi connectivity index (χ4v) is 4.42. The summed E-state index contributed by atoms with van der Waals surface area (Å²) >= 11 is 1.40. The Hall–Kier alpha value is -3.40. The highest BCUT2D eigenvalue weighted by Gasteiger charge is 2.17. The minimum atomic E-state index is -0.0882. The monoisotopic (exact) mass is 425 g/mol. The number of fused-ring (bicyclic) bond motifs is 4. The molecule has 5 rings (SSSR count). The van der Waals surface area contributed by atoms with Crippen molar-refractivity contribution >= 4 is 33.2 Å². The number of rotatable bonds is 6. The van der Waals surface area contributed by atoms with E-state index in [4.69, 9.17) is 9.47 Å². The van der Waals surface area contributed by atoms with Crippen LogP contribution < -0.4 is 20.3 Å². The Balaban J connectivity index is 1.31. The van der Waals surface area contributed by atoms with Crippen LogP contribution >= 0.6 is 11.3 Å². The van der Waals surface area contributed by atoms with Crippen molar-refractivity contribution in [1.82, 2.24) is 24.5 Å². The van der Waals surface area contributed by atoms with Gasteiger partial charge in [-0.1, -0.05) is 6.07 Å². The van der Waals surface area contributed by atoms with Gasteiger partial charge in [-0.15, -0.1) is 21.5 Å². The molecule has 0 aliphatic carbocycles. The second-order valence-electron chi connectivity index (χ2n) is 6.90. The molecule has 0 saturated heterocycles. The number of thiophene rings is 1. The first-order valence-corrected chi connectivity index (χ1v) is 10.5. The molecule has 0 saturated carbocycles. The van der Waals surface area contributed by atoms with Crippen molar-refractivity contribution in [1.29, 1.82) is 0 Å². The molecule has 0 spiro atoms. The van der Waals surface area contributed by atoms with Gasteiger partial charge in [0, 0.05) is 25.9 Å². The zero-order chi connectivity index (χ0) is 20.7. The Kier molecular flexibility index (Phi) is 4.62. The maximum absolute atomic E-state index is 12.6. The topological polar surface area (TPSA) is 99.8 Å². The van der Waals surface area contributed by atoms with E-state index in [1.54, 1.807) is 4.57 Å². The van der Waals surface area contributed by atoms with E-state index in [2.05, 4.69) is 15.5 Å². The van der Waals surface area contributed by atoms with Crippen LogP contribution in [0.3, 0.4) is 0 Å². The molecule has 1 amide bonds. The smallest absolute Gasteiger partial charge is 0.272 e. The number of carbonyl (C=O) groups excluding carboxylic acids is 1. The number of aromatic nitrogens is 4. The maximum Gasteiger partial charge on any atom is 0.272 e. The van der Waals surface area contributed by atoms with Crippen LogP contribution in [0, 0.1) is 0 Å². The van der Waals surface area contributed by atoms with Crippen LogP contribution in [0.15, 0.2) is 34.4 Å². The molecule has 4 aromatic rings. The predicted octanol–water partition coefficient (Wildman–Crippen LogP) is 2.10. The Morgan fingerprint density at radius 3 is 2.97 bits per heavy atom. The van der Waals surface area contributed by atoms with Crippen LogP contribution in [0.1, 0.15) is 24.7 Å². The average Bonchev–Trinajstić information content (AvgIpc) is 3.49. The molecular formula is C20H19N5O4S. The van der Waals surface area contributed by atoms with E-state index in [0.717, 1.165) is 11.1 Å². The molecule has 0 bridgehead atoms. The molecule has 9 nitrogen and oxygen atoms in total. The van der Waals surface area contributed by atoms with Crippen LogP contribution in [-0.2, 0) is 24.3 Å². The van der Waals surface area contributed by atoms with Gasteiger partial charge >= 0.3 is 0 Å². The summed E-state index contributed by atoms with van der Waals surface area (Å²) in [5, 5.41) is 13.3. The molecule has 0 atom stereocenters. The highest BCUT2D eigenvalue weighted by atomic mass is 32.1. The van der Waals surface area contributed by atoms with Crippen molar-refractivity contribution in [3.8, 4) is 11.5 Å². The lowest BCUT2D eigenvalue weighted by molar-refractivity contribution is -0.121. The minimum absolute atomic E-state index is 0.0598. The molecule has 4 heterocycles. The van der Waals surface area contributed by atoms with E-state index >= 15 is 0 Å². The summed E-state index contributed by atoms with van der Waals surface area (Å²) in [6, 6.07) is 7.50. The molecule has 0 unspecified atom stereocenters. The predicted molar refractivity (Wildman–Crippen MR) is 111 cm³/mol. The van der Waals surface area contributed by atoms with Gasteiger partial charge in [0.15, 0.2) is 11.5 Å². The largest absolute Gasteiger partial charge is 0.454 e. The van der Waals surface area contributed by atoms with Gasteiger partial charge in [0.25, 0.3) is 5.56 Å². The summed E-state index contributed by atoms with van der Waals surface area (Å²) in [5.74, 6) is 2.49. The number of nitrogens with one attached hydrogen (secondary N) is 1. The van der Waals surface area contributed by atoms with Crippen molar-refractivity contribution in [2.45, 2.75) is 32.9 Å². The van der Waals surface area contributed by atoms with Gasteiger partial charge in [0.2, 0.25) is 18.5 Å². The summed E-state index contributed by atoms with van der Waals surface area (Å²) in [4.78, 5) is 25.0. The second kappa shape index (κ2) is 7.45. The fourth-order valence-electron chi connectivity index (χ4n) is 3.59. The van der Waals surface area contributed by atoms with Gasteiger partial charge in [0.05, 0.1) is 5.52 Å². The normalized spacial score (nSPS) is 12.7. The molecule has 154 valence electrons. The van der Waals surface area contributed by atoms with E-state index in [1.807, 2.05) is 41.0 Å². The van der Waals surface area contributed by atoms with Crippen molar-refractivity contribution < 1.29 is 14.3 Å². The van der Waals surface area contributed by atoms with Crippen LogP contribution in [-0.4, -0.2) is 31.9 Å². The molecule has 1 aromatic carbocycles. The highest BCUT2D eigenvalue weighted by Crippen LogP contribution is 2.32. The number of benzene rings is 1. The SMILES string of the molecule is CCn1c(=O)c2sccc2n2c(CCC(=O)NCc3ccc4c(c3)OCO4)nnc12. The second-order valence-corrected chi connectivity index (χ2v) is 7.82. The van der Waals surface area contributed by atoms with Crippen LogP contribution in [0.4, 0.5) is 0 Å². The van der Waals surface area contributed by atoms with Gasteiger partial charge in [-0.05, 0) is 36.1 Å². The number of hydrogen-bond donors (Lipinski definition) is 1. The van der Waals surface area contributed by atoms with Gasteiger partial charge in [-0.3, -0.25) is 18.6 Å². The number of aryl methyl sites for hydroxylation is 2. The highest BCUT2D eigenvalue weighted by molar-refractivity contribution is 7.17. The van der Waals surface area contributed by atoms with Crippen LogP contribution in [0.5, 0.6) is 11.5 Å². The standard InChI is InChI=1S/C20H19N5O4S/c1-2-24-19(27)18-13(7-8-30-18)25-16(22-23-20(24)25)5-6-17(26)21-10-12-3-4-14-15(9-12)29-11-28-14/h3-4,7-9H,2,5-6,10-11H2,1H3,(H,21,26). The third kappa shape index (κ3) is 3.09. The van der Waals surface area contributed by atoms with Crippen molar-refractivity contribution in [2.24, 2.45) is 0 Å². The number of nitrogens with zero attached hydrogens (tertiary/aromatic N) is 4. The molecule has 1 N–H and O–H groups in total. The van der Waals surface area contributed by atoms with Crippen molar-refractivity contribution in [2.75, 3.05) is 6.79 Å². The Morgan fingerprint density at radius 1 is 1.23 bits per heavy atom. The van der Waals surface area contributed by atoms with Gasteiger partial charge in [-0.2, -0.15) is 0 Å². The first kappa shape index (κ1) is 18.6. The molecular weight excluding hydrogens is 406 g/mol. The number of amides is 1. The zero-order valence-electron chi connectivity index (χ0n) is 16.3. The van der Waals surface area contributed by atoms with Gasteiger partial charge < -0.3 is 14.8 Å². The first-order valence-electron chi connectivity index (χ1n) is 9.65. The third-order valence-electron chi connectivity index (χ3n) is 5.10. The summed E-state index contributed by atoms with van der Waals surface area (Å²) < 4.78 is 14.8. The zero-order valence-corrected chi connectivity index (χ0v) is 17.1. The minimum Gasteiger partial charge on any atom is -0.454 e. The van der Waals surface area contributed by atoms with Crippen molar-refractivity contribution in [3.63, 3.8) is 0 Å². The molecule has 1 aliphatic heterocycles. The van der Waals surface area contributed by atoms with E-state index in [1.165, 1.54) is 11.3 Å². The summed E-state index contributed by atoms with van der Waals surface area (Å²) in [7, 11) is 0. The summed E-state index contributed by atoms with van der Waals surface area (Å²) in [6.45, 7) is 3.03. The Bertz CT molecular complexity index is 1320. The van der Waals surface area contributed by atoms with E-state index in [9.17, 15) is 9.59 Å². The fraction of sp³-hybridized carbons (Fsp3) is 0.300. The van der Waals surface area contributed by atoms with Gasteiger partial charge in [-0.25, -0.2) is 0 Å². The average molecular weight is 425 g/mol. The number of hydrogen-bond acceptors (Lipinski definition) is 7. The lowest BCUT2D eigenvalue weighted by atomic mass is 10.2. The lowest BCUT2D eigenvalue weighted by Crippen LogP contribution is -2.24. The number of ether oxygens (including phenoxy) is 2. The van der Waals surface area contributed by atoms with E-state index in [0.29, 0.717) is 47.3 Å². The third-order valence-corrected chi connectivity index (χ3v) is 5.99. The van der Waals surface area contributed by atoms with Crippen molar-refractivity contribution in [3.05, 3.63) is 51.4 Å². The van der Waals surface area contributed by atoms with Gasteiger partial charge in [0.1, 0.15) is 10.5 Å². The molecule has 0 fully saturated rings. The molecule has 3 aromatic heterocycles. The molecule has 0 radical (unpaired) electrons. The molecule has 1 aliphatic rings. The lowest BCUT2D eigenvalue weighted by Gasteiger charge is -2.08. The molecule has 10 heteroatoms. The van der Waals surface area contributed by atoms with E-state index < -0.39 is 0 Å². The summed E-state index contributed by atoms with van der Waals surface area (Å²) in [5.41, 5.74) is 1.66. The van der Waals surface area contributed by atoms with Crippen LogP contribution in [0.2, 0.25) is 0 Å². The maximum atomic E-state index is 12.6. The quantitative estimate of drug-likeness (QED) is 0.508. The first-order chi connectivity index (χ1) is 14.7. The van der Waals surface area contributed by atoms with E-state index in [-0.39, 0.29) is 24.7 Å². The Morgan fingerprint density at radius 2 is 2.10 bits per heavy atom.